The first-order valence-corrected chi connectivity index (χ1v) is 5.15. The molecule has 1 N–H and O–H groups in total. The van der Waals surface area contributed by atoms with E-state index in [9.17, 15) is 4.79 Å². The first kappa shape index (κ1) is 12.5. The van der Waals surface area contributed by atoms with Crippen LogP contribution in [0.4, 0.5) is 0 Å². The van der Waals surface area contributed by atoms with Crippen molar-refractivity contribution in [1.29, 1.82) is 0 Å². The van der Waals surface area contributed by atoms with Crippen molar-refractivity contribution < 1.29 is 19.4 Å². The molecule has 0 fully saturated rings. The van der Waals surface area contributed by atoms with E-state index in [2.05, 4.69) is 0 Å². The van der Waals surface area contributed by atoms with Gasteiger partial charge in [-0.15, -0.1) is 0 Å². The minimum atomic E-state index is -0.829. The van der Waals surface area contributed by atoms with Crippen LogP contribution in [0.1, 0.15) is 12.0 Å². The summed E-state index contributed by atoms with van der Waals surface area (Å²) in [6, 6.07) is 7.73. The summed E-state index contributed by atoms with van der Waals surface area (Å²) in [5.74, 6) is -0.00000644. The van der Waals surface area contributed by atoms with Crippen LogP contribution in [-0.4, -0.2) is 31.4 Å². The van der Waals surface area contributed by atoms with Crippen LogP contribution in [-0.2, 0) is 16.0 Å². The van der Waals surface area contributed by atoms with Crippen LogP contribution in [0.25, 0.3) is 0 Å². The molecule has 0 saturated carbocycles. The van der Waals surface area contributed by atoms with Crippen molar-refractivity contribution >= 4 is 5.97 Å². The summed E-state index contributed by atoms with van der Waals surface area (Å²) in [4.78, 5) is 10.2. The lowest BCUT2D eigenvalue weighted by Crippen LogP contribution is -2.05. The molecule has 0 heterocycles. The molecule has 1 aromatic carbocycles. The number of methoxy groups -OCH3 is 1. The minimum absolute atomic E-state index is 0.0581. The second-order valence-corrected chi connectivity index (χ2v) is 3.35. The molecule has 4 heteroatoms. The molecule has 1 aromatic rings. The Morgan fingerprint density at radius 1 is 1.25 bits per heavy atom. The SMILES string of the molecule is COc1ccc(CCOCCC(=O)O)cc1. The molecule has 88 valence electrons. The van der Waals surface area contributed by atoms with E-state index in [1.807, 2.05) is 24.3 Å². The van der Waals surface area contributed by atoms with Crippen LogP contribution in [0.3, 0.4) is 0 Å². The molecule has 0 spiro atoms. The molecule has 0 aromatic heterocycles. The fourth-order valence-corrected chi connectivity index (χ4v) is 1.24. The third-order valence-electron chi connectivity index (χ3n) is 2.15. The zero-order valence-electron chi connectivity index (χ0n) is 9.31. The summed E-state index contributed by atoms with van der Waals surface area (Å²) in [6.45, 7) is 0.811. The normalized spacial score (nSPS) is 10.1. The molecule has 0 radical (unpaired) electrons. The Kier molecular flexibility index (Phi) is 5.36. The lowest BCUT2D eigenvalue weighted by molar-refractivity contribution is -0.138. The van der Waals surface area contributed by atoms with E-state index in [1.165, 1.54) is 0 Å². The Morgan fingerprint density at radius 3 is 2.50 bits per heavy atom. The molecule has 1 rings (SSSR count). The van der Waals surface area contributed by atoms with Crippen molar-refractivity contribution in [3.8, 4) is 5.75 Å². The topological polar surface area (TPSA) is 55.8 Å². The van der Waals surface area contributed by atoms with E-state index < -0.39 is 5.97 Å². The second kappa shape index (κ2) is 6.85. The van der Waals surface area contributed by atoms with E-state index in [1.54, 1.807) is 7.11 Å². The minimum Gasteiger partial charge on any atom is -0.497 e. The molecule has 0 aliphatic carbocycles. The average Bonchev–Trinajstić information content (AvgIpc) is 2.29. The van der Waals surface area contributed by atoms with Crippen molar-refractivity contribution in [3.05, 3.63) is 29.8 Å². The molecule has 16 heavy (non-hydrogen) atoms. The van der Waals surface area contributed by atoms with Crippen molar-refractivity contribution in [2.45, 2.75) is 12.8 Å². The zero-order chi connectivity index (χ0) is 11.8. The third kappa shape index (κ3) is 4.79. The van der Waals surface area contributed by atoms with Gasteiger partial charge in [0.05, 0.1) is 26.7 Å². The van der Waals surface area contributed by atoms with Gasteiger partial charge in [0, 0.05) is 0 Å². The zero-order valence-corrected chi connectivity index (χ0v) is 9.31. The van der Waals surface area contributed by atoms with E-state index in [0.29, 0.717) is 6.61 Å². The van der Waals surface area contributed by atoms with Gasteiger partial charge in [-0.3, -0.25) is 4.79 Å². The molecular weight excluding hydrogens is 208 g/mol. The maximum absolute atomic E-state index is 10.2. The molecule has 0 aliphatic rings. The second-order valence-electron chi connectivity index (χ2n) is 3.35. The summed E-state index contributed by atoms with van der Waals surface area (Å²) in [7, 11) is 1.63. The summed E-state index contributed by atoms with van der Waals surface area (Å²) < 4.78 is 10.2. The van der Waals surface area contributed by atoms with Gasteiger partial charge in [0.25, 0.3) is 0 Å². The van der Waals surface area contributed by atoms with Gasteiger partial charge < -0.3 is 14.6 Å². The number of hydrogen-bond acceptors (Lipinski definition) is 3. The standard InChI is InChI=1S/C12H16O4/c1-15-11-4-2-10(3-5-11)6-8-16-9-7-12(13)14/h2-5H,6-9H2,1H3,(H,13,14). The molecule has 4 nitrogen and oxygen atoms in total. The summed E-state index contributed by atoms with van der Waals surface area (Å²) in [5, 5.41) is 8.39. The van der Waals surface area contributed by atoms with Crippen LogP contribution >= 0.6 is 0 Å². The maximum Gasteiger partial charge on any atom is 0.305 e. The monoisotopic (exact) mass is 224 g/mol. The highest BCUT2D eigenvalue weighted by atomic mass is 16.5. The number of ether oxygens (including phenoxy) is 2. The Labute approximate surface area is 94.8 Å². The highest BCUT2D eigenvalue weighted by molar-refractivity contribution is 5.66. The van der Waals surface area contributed by atoms with Gasteiger partial charge in [-0.05, 0) is 24.1 Å². The van der Waals surface area contributed by atoms with E-state index in [4.69, 9.17) is 14.6 Å². The van der Waals surface area contributed by atoms with Gasteiger partial charge in [-0.2, -0.15) is 0 Å². The van der Waals surface area contributed by atoms with Crippen molar-refractivity contribution in [3.63, 3.8) is 0 Å². The third-order valence-corrected chi connectivity index (χ3v) is 2.15. The van der Waals surface area contributed by atoms with Crippen LogP contribution in [0, 0.1) is 0 Å². The van der Waals surface area contributed by atoms with Gasteiger partial charge >= 0.3 is 5.97 Å². The first-order valence-electron chi connectivity index (χ1n) is 5.15. The molecule has 0 atom stereocenters. The molecule has 0 aliphatic heterocycles. The average molecular weight is 224 g/mol. The molecule has 0 unspecified atom stereocenters. The number of aliphatic carboxylic acids is 1. The number of rotatable bonds is 7. The fourth-order valence-electron chi connectivity index (χ4n) is 1.24. The van der Waals surface area contributed by atoms with Gasteiger partial charge in [0.15, 0.2) is 0 Å². The fraction of sp³-hybridized carbons (Fsp3) is 0.417. The lowest BCUT2D eigenvalue weighted by Gasteiger charge is -2.04. The number of carboxylic acids is 1. The van der Waals surface area contributed by atoms with Crippen molar-refractivity contribution in [2.75, 3.05) is 20.3 Å². The predicted molar refractivity (Wildman–Crippen MR) is 59.8 cm³/mol. The van der Waals surface area contributed by atoms with Crippen LogP contribution in [0.15, 0.2) is 24.3 Å². The first-order chi connectivity index (χ1) is 7.72. The van der Waals surface area contributed by atoms with Crippen LogP contribution in [0.5, 0.6) is 5.75 Å². The highest BCUT2D eigenvalue weighted by Gasteiger charge is 1.97. The Morgan fingerprint density at radius 2 is 1.94 bits per heavy atom. The highest BCUT2D eigenvalue weighted by Crippen LogP contribution is 2.11. The molecule has 0 saturated heterocycles. The molecular formula is C12H16O4. The smallest absolute Gasteiger partial charge is 0.305 e. The quantitative estimate of drug-likeness (QED) is 0.716. The van der Waals surface area contributed by atoms with Gasteiger partial charge in [0.2, 0.25) is 0 Å². The van der Waals surface area contributed by atoms with Crippen LogP contribution < -0.4 is 4.74 Å². The Balaban J connectivity index is 2.19. The number of hydrogen-bond donors (Lipinski definition) is 1. The van der Waals surface area contributed by atoms with Gasteiger partial charge in [-0.25, -0.2) is 0 Å². The lowest BCUT2D eigenvalue weighted by atomic mass is 10.1. The summed E-state index contributed by atoms with van der Waals surface area (Å²) in [6.07, 6.45) is 0.840. The summed E-state index contributed by atoms with van der Waals surface area (Å²) in [5.41, 5.74) is 1.15. The van der Waals surface area contributed by atoms with Crippen molar-refractivity contribution in [1.82, 2.24) is 0 Å². The predicted octanol–water partition coefficient (Wildman–Crippen LogP) is 1.73. The molecule has 0 amide bonds. The number of benzene rings is 1. The number of carboxylic acid groups (broad SMARTS) is 1. The maximum atomic E-state index is 10.2. The van der Waals surface area contributed by atoms with Gasteiger partial charge in [0.1, 0.15) is 5.75 Å². The van der Waals surface area contributed by atoms with Crippen molar-refractivity contribution in [2.24, 2.45) is 0 Å². The summed E-state index contributed by atoms with van der Waals surface area (Å²) >= 11 is 0. The van der Waals surface area contributed by atoms with E-state index in [-0.39, 0.29) is 13.0 Å². The Bertz CT molecular complexity index is 318. The van der Waals surface area contributed by atoms with E-state index in [0.717, 1.165) is 17.7 Å². The Hall–Kier alpha value is -1.55. The largest absolute Gasteiger partial charge is 0.497 e. The number of carbonyl (C=O) groups is 1. The van der Waals surface area contributed by atoms with E-state index >= 15 is 0 Å². The van der Waals surface area contributed by atoms with Crippen LogP contribution in [0.2, 0.25) is 0 Å². The molecule has 0 bridgehead atoms. The van der Waals surface area contributed by atoms with Gasteiger partial charge in [-0.1, -0.05) is 12.1 Å².